The number of hydrogen-bond acceptors (Lipinski definition) is 7. The number of carbonyl (C=O) groups is 1. The first kappa shape index (κ1) is 27.3. The smallest absolute Gasteiger partial charge is 0.160 e. The Morgan fingerprint density at radius 1 is 0.489 bits per heavy atom. The van der Waals surface area contributed by atoms with Crippen molar-refractivity contribution < 1.29 is 4.79 Å². The van der Waals surface area contributed by atoms with Gasteiger partial charge in [-0.15, -0.1) is 22.7 Å². The van der Waals surface area contributed by atoms with E-state index in [0.29, 0.717) is 4.88 Å². The summed E-state index contributed by atoms with van der Waals surface area (Å²) in [6.45, 7) is 0. The fourth-order valence-corrected chi connectivity index (χ4v) is 7.52. The fraction of sp³-hybridized carbons (Fsp3) is 0.0526. The molecule has 0 unspecified atom stereocenters. The molecule has 8 rings (SSSR count). The molecule has 45 heavy (non-hydrogen) atoms. The van der Waals surface area contributed by atoms with Crippen molar-refractivity contribution >= 4 is 70.4 Å². The summed E-state index contributed by atoms with van der Waals surface area (Å²) in [7, 11) is 0. The Morgan fingerprint density at radius 3 is 1.29 bits per heavy atom. The van der Waals surface area contributed by atoms with Crippen LogP contribution in [0, 0.1) is 0 Å². The van der Waals surface area contributed by atoms with E-state index in [1.165, 1.54) is 55.8 Å². The van der Waals surface area contributed by atoms with Crippen LogP contribution >= 0.6 is 22.7 Å². The normalized spacial score (nSPS) is 13.1. The van der Waals surface area contributed by atoms with Gasteiger partial charge in [0, 0.05) is 39.0 Å². The lowest BCUT2D eigenvalue weighted by Crippen LogP contribution is -1.86. The van der Waals surface area contributed by atoms with Crippen molar-refractivity contribution in [2.75, 3.05) is 5.73 Å². The molecule has 0 spiro atoms. The Hall–Kier alpha value is -5.24. The molecular weight excluding hydrogens is 593 g/mol. The summed E-state index contributed by atoms with van der Waals surface area (Å²) in [5.74, 6) is 0. The molecule has 2 aliphatic rings. The predicted octanol–water partition coefficient (Wildman–Crippen LogP) is 9.60. The lowest BCUT2D eigenvalue weighted by atomic mass is 10.1. The van der Waals surface area contributed by atoms with Gasteiger partial charge in [-0.25, -0.2) is 0 Å². The number of aliphatic imine (C=N–C) groups is 3. The van der Waals surface area contributed by atoms with Crippen molar-refractivity contribution in [2.24, 2.45) is 15.0 Å². The van der Waals surface area contributed by atoms with E-state index in [-0.39, 0.29) is 0 Å². The highest BCUT2D eigenvalue weighted by Gasteiger charge is 2.20. The molecule has 2 aromatic heterocycles. The fourth-order valence-electron chi connectivity index (χ4n) is 6.06. The number of nitrogen functional groups attached to an aromatic ring is 1. The van der Waals surface area contributed by atoms with Crippen molar-refractivity contribution in [3.8, 4) is 22.3 Å². The number of benzene rings is 4. The summed E-state index contributed by atoms with van der Waals surface area (Å²) >= 11 is 3.11. The van der Waals surface area contributed by atoms with E-state index >= 15 is 0 Å². The predicted molar refractivity (Wildman–Crippen MR) is 190 cm³/mol. The molecule has 5 nitrogen and oxygen atoms in total. The van der Waals surface area contributed by atoms with Crippen molar-refractivity contribution in [1.29, 1.82) is 0 Å². The third-order valence-electron chi connectivity index (χ3n) is 8.17. The van der Waals surface area contributed by atoms with Crippen molar-refractivity contribution in [1.82, 2.24) is 0 Å². The minimum atomic E-state index is 0.706. The molecule has 6 aromatic rings. The maximum atomic E-state index is 10.9. The number of fused-ring (bicyclic) bond motifs is 6. The zero-order valence-corrected chi connectivity index (χ0v) is 25.7. The molecule has 0 aliphatic heterocycles. The van der Waals surface area contributed by atoms with E-state index in [0.717, 1.165) is 56.5 Å². The molecule has 2 heterocycles. The van der Waals surface area contributed by atoms with Crippen molar-refractivity contribution in [3.05, 3.63) is 139 Å². The summed E-state index contributed by atoms with van der Waals surface area (Å²) in [5.41, 5.74) is 19.7. The molecule has 7 heteroatoms. The molecule has 2 N–H and O–H groups in total. The van der Waals surface area contributed by atoms with Gasteiger partial charge >= 0.3 is 0 Å². The number of aldehydes is 1. The molecule has 0 saturated heterocycles. The number of hydrogen-bond donors (Lipinski definition) is 1. The first-order chi connectivity index (χ1) is 22.1. The van der Waals surface area contributed by atoms with Gasteiger partial charge in [-0.3, -0.25) is 19.8 Å². The first-order valence-electron chi connectivity index (χ1n) is 14.6. The van der Waals surface area contributed by atoms with Gasteiger partial charge in [0.05, 0.1) is 21.9 Å². The SMILES string of the molecule is Nc1ccc2c(c1)Cc1cc(/N=C/c3ccc(/C=N/c4ccc5c(c4)Cc4cc(/N=C/c6ccc(C=O)s6)ccc4-5)s3)ccc1-2. The molecule has 0 radical (unpaired) electrons. The van der Waals surface area contributed by atoms with Crippen LogP contribution in [0.1, 0.15) is 46.6 Å². The quantitative estimate of drug-likeness (QED) is 0.110. The highest BCUT2D eigenvalue weighted by molar-refractivity contribution is 7.15. The number of rotatable bonds is 7. The van der Waals surface area contributed by atoms with Gasteiger partial charge in [0.1, 0.15) is 0 Å². The summed E-state index contributed by atoms with van der Waals surface area (Å²) in [4.78, 5) is 29.0. The van der Waals surface area contributed by atoms with E-state index in [2.05, 4.69) is 77.8 Å². The molecule has 4 aromatic carbocycles. The standard InChI is InChI=1S/C38H26N4OS2/c39-27-1-9-35-23(15-27)13-24-16-28(2-10-36(24)35)40-19-31-5-6-32(44-31)20-41-29-3-11-37-25(17-29)14-26-18-30(4-12-38(26)37)42-21-33-7-8-34(22-43)45-33/h1-12,15-22H,13-14,39H2/b40-19+,41-20+,42-21+. The Bertz CT molecular complexity index is 2220. The maximum absolute atomic E-state index is 10.9. The molecule has 0 saturated carbocycles. The number of nitrogens with two attached hydrogens (primary N) is 1. The molecule has 216 valence electrons. The van der Waals surface area contributed by atoms with Crippen LogP contribution in [-0.2, 0) is 12.8 Å². The lowest BCUT2D eigenvalue weighted by Gasteiger charge is -2.02. The Morgan fingerprint density at radius 2 is 0.867 bits per heavy atom. The number of carbonyl (C=O) groups excluding carboxylic acids is 1. The first-order valence-corrected chi connectivity index (χ1v) is 16.3. The number of anilines is 1. The van der Waals surface area contributed by atoms with E-state index in [4.69, 9.17) is 15.7 Å². The van der Waals surface area contributed by atoms with Crippen LogP contribution in [0.5, 0.6) is 0 Å². The largest absolute Gasteiger partial charge is 0.399 e. The second kappa shape index (κ2) is 11.4. The van der Waals surface area contributed by atoms with Gasteiger partial charge in [0.25, 0.3) is 0 Å². The minimum absolute atomic E-state index is 0.706. The molecular formula is C38H26N4OS2. The molecule has 0 bridgehead atoms. The molecule has 0 amide bonds. The average Bonchev–Trinajstić information content (AvgIpc) is 3.85. The zero-order chi connectivity index (χ0) is 30.3. The summed E-state index contributed by atoms with van der Waals surface area (Å²) in [5, 5.41) is 0. The van der Waals surface area contributed by atoms with Gasteiger partial charge in [-0.1, -0.05) is 24.3 Å². The van der Waals surface area contributed by atoms with E-state index < -0.39 is 0 Å². The van der Waals surface area contributed by atoms with Gasteiger partial charge in [0.15, 0.2) is 6.29 Å². The Labute approximate surface area is 268 Å². The van der Waals surface area contributed by atoms with Crippen LogP contribution in [-0.4, -0.2) is 24.9 Å². The van der Waals surface area contributed by atoms with Gasteiger partial charge < -0.3 is 5.73 Å². The molecule has 2 aliphatic carbocycles. The van der Waals surface area contributed by atoms with E-state index in [9.17, 15) is 4.79 Å². The van der Waals surface area contributed by atoms with Gasteiger partial charge in [0.2, 0.25) is 0 Å². The van der Waals surface area contributed by atoms with Crippen LogP contribution in [0.25, 0.3) is 22.3 Å². The van der Waals surface area contributed by atoms with Crippen LogP contribution in [0.15, 0.2) is 112 Å². The van der Waals surface area contributed by atoms with Crippen molar-refractivity contribution in [2.45, 2.75) is 12.8 Å². The molecule has 0 atom stereocenters. The molecule has 0 fully saturated rings. The van der Waals surface area contributed by atoms with E-state index in [1.807, 2.05) is 42.9 Å². The topological polar surface area (TPSA) is 80.2 Å². The minimum Gasteiger partial charge on any atom is -0.399 e. The number of nitrogens with zero attached hydrogens (tertiary/aromatic N) is 3. The second-order valence-corrected chi connectivity index (χ2v) is 13.5. The Balaban J connectivity index is 0.927. The van der Waals surface area contributed by atoms with Crippen LogP contribution in [0.2, 0.25) is 0 Å². The summed E-state index contributed by atoms with van der Waals surface area (Å²) in [6.07, 6.45) is 8.29. The van der Waals surface area contributed by atoms with Gasteiger partial charge in [-0.2, -0.15) is 0 Å². The van der Waals surface area contributed by atoms with Crippen LogP contribution in [0.4, 0.5) is 22.7 Å². The summed E-state index contributed by atoms with van der Waals surface area (Å²) in [6, 6.07) is 33.2. The third kappa shape index (κ3) is 5.48. The highest BCUT2D eigenvalue weighted by Crippen LogP contribution is 2.41. The number of thiophene rings is 2. The highest BCUT2D eigenvalue weighted by atomic mass is 32.1. The Kier molecular flexibility index (Phi) is 6.89. The summed E-state index contributed by atoms with van der Waals surface area (Å²) < 4.78 is 0. The maximum Gasteiger partial charge on any atom is 0.160 e. The van der Waals surface area contributed by atoms with Crippen molar-refractivity contribution in [3.63, 3.8) is 0 Å². The second-order valence-electron chi connectivity index (χ2n) is 11.2. The van der Waals surface area contributed by atoms with E-state index in [1.54, 1.807) is 11.3 Å². The third-order valence-corrected chi connectivity index (χ3v) is 10.1. The average molecular weight is 619 g/mol. The zero-order valence-electron chi connectivity index (χ0n) is 24.1. The van der Waals surface area contributed by atoms with Crippen LogP contribution in [0.3, 0.4) is 0 Å². The monoisotopic (exact) mass is 618 g/mol. The van der Waals surface area contributed by atoms with Gasteiger partial charge in [-0.05, 0) is 130 Å². The lowest BCUT2D eigenvalue weighted by molar-refractivity contribution is 0.112. The van der Waals surface area contributed by atoms with Crippen LogP contribution < -0.4 is 5.73 Å².